The van der Waals surface area contributed by atoms with E-state index in [-0.39, 0.29) is 45.2 Å². The fraction of sp³-hybridized carbons (Fsp3) is 0.674. The van der Waals surface area contributed by atoms with Crippen LogP contribution < -0.4 is 9.47 Å². The first-order valence-corrected chi connectivity index (χ1v) is 19.1. The van der Waals surface area contributed by atoms with Crippen molar-refractivity contribution in [1.82, 2.24) is 0 Å². The lowest BCUT2D eigenvalue weighted by atomic mass is 9.33. The lowest BCUT2D eigenvalue weighted by Crippen LogP contribution is -2.65. The Morgan fingerprint density at radius 2 is 1.51 bits per heavy atom. The number of hydrogen-bond acceptors (Lipinski definition) is 7. The van der Waals surface area contributed by atoms with Crippen LogP contribution in [0.2, 0.25) is 0 Å². The number of carboxylic acids is 1. The molecule has 0 aliphatic heterocycles. The molecular weight excluding hydrogens is 644 g/mol. The van der Waals surface area contributed by atoms with Crippen LogP contribution in [0.25, 0.3) is 6.08 Å². The van der Waals surface area contributed by atoms with Crippen LogP contribution >= 0.6 is 0 Å². The van der Waals surface area contributed by atoms with Crippen LogP contribution in [-0.2, 0) is 23.9 Å². The van der Waals surface area contributed by atoms with Crippen molar-refractivity contribution >= 4 is 30.0 Å². The number of carboxylic acid groups (broad SMARTS) is 1. The summed E-state index contributed by atoms with van der Waals surface area (Å²) in [6, 6.07) is 4.76. The number of benzene rings is 1. The van der Waals surface area contributed by atoms with Gasteiger partial charge < -0.3 is 19.3 Å². The molecule has 4 saturated carbocycles. The van der Waals surface area contributed by atoms with E-state index >= 15 is 0 Å². The summed E-state index contributed by atoms with van der Waals surface area (Å²) in [7, 11) is 0. The van der Waals surface area contributed by atoms with Crippen LogP contribution in [0.4, 0.5) is 0 Å². The molecule has 8 heteroatoms. The first kappa shape index (κ1) is 37.3. The van der Waals surface area contributed by atoms with Crippen LogP contribution in [0.3, 0.4) is 0 Å². The Hall–Kier alpha value is -3.42. The van der Waals surface area contributed by atoms with E-state index in [0.29, 0.717) is 29.2 Å². The molecule has 1 aromatic rings. The molecule has 8 nitrogen and oxygen atoms in total. The Bertz CT molecular complexity index is 1670. The van der Waals surface area contributed by atoms with Crippen molar-refractivity contribution in [2.45, 2.75) is 126 Å². The first-order valence-electron chi connectivity index (χ1n) is 19.1. The van der Waals surface area contributed by atoms with E-state index in [1.807, 2.05) is 0 Å². The standard InChI is InChI=1S/C43H58O8/c1-25-16-21-43(38(47)48)23-22-41(8)30(37(43)26(25)2)12-14-34-40(7)19-18-35(39(5,6)33(40)17-20-42(34,41)9)51-36(46)15-11-29-10-13-31(49-27(3)44)32(24-29)50-28(4)45/h10-13,15,24-26,33-35,37H,14,16-23H2,1-9H3,(H,47,48)/b15-11+/t25-,26+,33+,34-,35+,37-,40+,41-,42-,43+/m1/s1. The van der Waals surface area contributed by atoms with E-state index in [1.54, 1.807) is 18.2 Å². The summed E-state index contributed by atoms with van der Waals surface area (Å²) in [6.07, 6.45) is 13.7. The number of ether oxygens (including phenoxy) is 3. The number of esters is 3. The molecule has 0 heterocycles. The summed E-state index contributed by atoms with van der Waals surface area (Å²) < 4.78 is 16.6. The smallest absolute Gasteiger partial charge is 0.331 e. The zero-order valence-electron chi connectivity index (χ0n) is 32.1. The molecule has 10 atom stereocenters. The molecular formula is C43H58O8. The molecule has 6 rings (SSSR count). The lowest BCUT2D eigenvalue weighted by Gasteiger charge is -2.71. The zero-order valence-corrected chi connectivity index (χ0v) is 32.1. The largest absolute Gasteiger partial charge is 0.481 e. The number of hydrogen-bond donors (Lipinski definition) is 1. The summed E-state index contributed by atoms with van der Waals surface area (Å²) >= 11 is 0. The van der Waals surface area contributed by atoms with Crippen molar-refractivity contribution in [3.8, 4) is 11.5 Å². The molecule has 1 aromatic carbocycles. The molecule has 0 radical (unpaired) electrons. The molecule has 0 spiro atoms. The number of carbonyl (C=O) groups excluding carboxylic acids is 3. The molecule has 0 unspecified atom stereocenters. The van der Waals surface area contributed by atoms with Crippen LogP contribution in [0.1, 0.15) is 126 Å². The molecule has 278 valence electrons. The Morgan fingerprint density at radius 1 is 0.824 bits per heavy atom. The van der Waals surface area contributed by atoms with Crippen LogP contribution in [-0.4, -0.2) is 35.1 Å². The van der Waals surface area contributed by atoms with Crippen molar-refractivity contribution in [3.63, 3.8) is 0 Å². The van der Waals surface area contributed by atoms with Gasteiger partial charge in [-0.25, -0.2) is 4.79 Å². The SMILES string of the molecule is CC(=O)Oc1ccc(/C=C/C(=O)O[C@H]2CC[C@]3(C)[C@H]4CC=C5[C@H]6[C@@H](C)[C@H](C)CC[C@]6(C(=O)O)CC[C@@]5(C)[C@]4(C)CC[C@H]3C2(C)C)cc1OC(C)=O. The highest BCUT2D eigenvalue weighted by Crippen LogP contribution is 2.76. The van der Waals surface area contributed by atoms with E-state index in [1.165, 1.54) is 31.6 Å². The summed E-state index contributed by atoms with van der Waals surface area (Å²) in [5, 5.41) is 10.7. The number of rotatable bonds is 6. The van der Waals surface area contributed by atoms with Gasteiger partial charge in [0.25, 0.3) is 0 Å². The zero-order chi connectivity index (χ0) is 37.3. The van der Waals surface area contributed by atoms with Gasteiger partial charge in [-0.2, -0.15) is 0 Å². The minimum absolute atomic E-state index is 0.0389. The van der Waals surface area contributed by atoms with E-state index < -0.39 is 29.3 Å². The molecule has 0 aromatic heterocycles. The van der Waals surface area contributed by atoms with Gasteiger partial charge in [-0.3, -0.25) is 14.4 Å². The molecule has 5 aliphatic carbocycles. The molecule has 4 fully saturated rings. The summed E-state index contributed by atoms with van der Waals surface area (Å²) in [5.41, 5.74) is 1.25. The van der Waals surface area contributed by atoms with E-state index in [2.05, 4.69) is 54.5 Å². The Labute approximate surface area is 303 Å². The molecule has 0 saturated heterocycles. The molecule has 1 N–H and O–H groups in total. The average molecular weight is 703 g/mol. The van der Waals surface area contributed by atoms with Gasteiger partial charge in [0.15, 0.2) is 11.5 Å². The van der Waals surface area contributed by atoms with Crippen LogP contribution in [0.15, 0.2) is 35.9 Å². The molecule has 0 amide bonds. The number of carbonyl (C=O) groups is 4. The first-order chi connectivity index (χ1) is 23.8. The highest BCUT2D eigenvalue weighted by Gasteiger charge is 2.69. The Morgan fingerprint density at radius 3 is 2.18 bits per heavy atom. The lowest BCUT2D eigenvalue weighted by molar-refractivity contribution is -0.213. The third kappa shape index (κ3) is 5.87. The Balaban J connectivity index is 1.22. The topological polar surface area (TPSA) is 116 Å². The molecule has 5 aliphatic rings. The fourth-order valence-corrected chi connectivity index (χ4v) is 12.5. The number of aliphatic carboxylic acids is 1. The fourth-order valence-electron chi connectivity index (χ4n) is 12.5. The minimum Gasteiger partial charge on any atom is -0.481 e. The van der Waals surface area contributed by atoms with Gasteiger partial charge in [0.1, 0.15) is 6.10 Å². The van der Waals surface area contributed by atoms with Crippen LogP contribution in [0.5, 0.6) is 11.5 Å². The highest BCUT2D eigenvalue weighted by molar-refractivity contribution is 5.87. The van der Waals surface area contributed by atoms with E-state index in [0.717, 1.165) is 57.8 Å². The average Bonchev–Trinajstić information content (AvgIpc) is 3.04. The predicted molar refractivity (Wildman–Crippen MR) is 195 cm³/mol. The maximum absolute atomic E-state index is 13.3. The second kappa shape index (κ2) is 12.9. The van der Waals surface area contributed by atoms with Crippen molar-refractivity contribution in [2.24, 2.45) is 56.7 Å². The Kier molecular flexibility index (Phi) is 9.45. The van der Waals surface area contributed by atoms with Crippen molar-refractivity contribution in [1.29, 1.82) is 0 Å². The summed E-state index contributed by atoms with van der Waals surface area (Å²) in [5.74, 6) is -0.0822. The van der Waals surface area contributed by atoms with Crippen molar-refractivity contribution < 1.29 is 38.5 Å². The third-order valence-corrected chi connectivity index (χ3v) is 15.5. The van der Waals surface area contributed by atoms with Gasteiger partial charge in [0.2, 0.25) is 0 Å². The van der Waals surface area contributed by atoms with Gasteiger partial charge >= 0.3 is 23.9 Å². The maximum atomic E-state index is 13.3. The quantitative estimate of drug-likeness (QED) is 0.135. The van der Waals surface area contributed by atoms with Gasteiger partial charge in [0, 0.05) is 25.3 Å². The number of allylic oxidation sites excluding steroid dienone is 2. The second-order valence-electron chi connectivity index (χ2n) is 18.1. The number of fused-ring (bicyclic) bond motifs is 7. The van der Waals surface area contributed by atoms with Crippen LogP contribution in [0, 0.1) is 56.7 Å². The minimum atomic E-state index is -0.641. The maximum Gasteiger partial charge on any atom is 0.331 e. The highest BCUT2D eigenvalue weighted by atomic mass is 16.6. The van der Waals surface area contributed by atoms with Gasteiger partial charge in [-0.1, -0.05) is 66.2 Å². The third-order valence-electron chi connectivity index (χ3n) is 15.5. The van der Waals surface area contributed by atoms with Crippen molar-refractivity contribution in [2.75, 3.05) is 0 Å². The predicted octanol–water partition coefficient (Wildman–Crippen LogP) is 9.20. The normalized spacial score (nSPS) is 39.7. The van der Waals surface area contributed by atoms with E-state index in [9.17, 15) is 24.3 Å². The van der Waals surface area contributed by atoms with Gasteiger partial charge in [-0.05, 0) is 127 Å². The van der Waals surface area contributed by atoms with E-state index in [4.69, 9.17) is 14.2 Å². The summed E-state index contributed by atoms with van der Waals surface area (Å²) in [6.45, 7) is 19.2. The van der Waals surface area contributed by atoms with Crippen molar-refractivity contribution in [3.05, 3.63) is 41.5 Å². The summed E-state index contributed by atoms with van der Waals surface area (Å²) in [4.78, 5) is 49.5. The van der Waals surface area contributed by atoms with Gasteiger partial charge in [0.05, 0.1) is 5.41 Å². The molecule has 0 bridgehead atoms. The monoisotopic (exact) mass is 702 g/mol. The van der Waals surface area contributed by atoms with Gasteiger partial charge in [-0.15, -0.1) is 0 Å². The molecule has 51 heavy (non-hydrogen) atoms. The second-order valence-corrected chi connectivity index (χ2v) is 18.1.